The van der Waals surface area contributed by atoms with Crippen LogP contribution < -0.4 is 5.32 Å². The molecule has 2 rings (SSSR count). The van der Waals surface area contributed by atoms with Crippen LogP contribution in [0.5, 0.6) is 0 Å². The molecule has 2 aromatic carbocycles. The number of aryl methyl sites for hydroxylation is 1. The van der Waals surface area contributed by atoms with E-state index in [9.17, 15) is 15.2 Å². The van der Waals surface area contributed by atoms with Gasteiger partial charge in [0, 0.05) is 24.7 Å². The number of rotatable bonds is 8. The average Bonchev–Trinajstić information content (AvgIpc) is 2.58. The minimum absolute atomic E-state index is 0.00123. The molecule has 0 heterocycles. The largest absolute Gasteiger partial charge is 0.387 e. The highest BCUT2D eigenvalue weighted by atomic mass is 16.6. The van der Waals surface area contributed by atoms with Crippen molar-refractivity contribution >= 4 is 5.69 Å². The molecule has 0 unspecified atom stereocenters. The molecule has 2 atom stereocenters. The molecule has 0 amide bonds. The third-order valence-electron chi connectivity index (χ3n) is 3.83. The van der Waals surface area contributed by atoms with Crippen LogP contribution in [0, 0.1) is 10.1 Å². The normalized spacial score (nSPS) is 13.5. The lowest BCUT2D eigenvalue weighted by atomic mass is 10.1. The fourth-order valence-corrected chi connectivity index (χ4v) is 2.41. The van der Waals surface area contributed by atoms with Gasteiger partial charge in [-0.15, -0.1) is 0 Å². The van der Waals surface area contributed by atoms with E-state index in [2.05, 4.69) is 24.4 Å². The first-order chi connectivity index (χ1) is 11.1. The molecule has 0 aliphatic carbocycles. The van der Waals surface area contributed by atoms with Gasteiger partial charge in [-0.25, -0.2) is 0 Å². The quantitative estimate of drug-likeness (QED) is 0.579. The van der Waals surface area contributed by atoms with Crippen molar-refractivity contribution in [3.63, 3.8) is 0 Å². The van der Waals surface area contributed by atoms with Crippen LogP contribution in [0.4, 0.5) is 5.69 Å². The van der Waals surface area contributed by atoms with Crippen LogP contribution in [0.3, 0.4) is 0 Å². The third-order valence-corrected chi connectivity index (χ3v) is 3.83. The summed E-state index contributed by atoms with van der Waals surface area (Å²) in [6.45, 7) is 2.44. The summed E-state index contributed by atoms with van der Waals surface area (Å²) in [5, 5.41) is 24.2. The van der Waals surface area contributed by atoms with Crippen molar-refractivity contribution in [2.45, 2.75) is 31.9 Å². The molecule has 0 aromatic heterocycles. The van der Waals surface area contributed by atoms with Gasteiger partial charge >= 0.3 is 0 Å². The molecule has 0 radical (unpaired) electrons. The molecule has 122 valence electrons. The Labute approximate surface area is 136 Å². The zero-order chi connectivity index (χ0) is 16.7. The molecule has 0 aliphatic rings. The lowest BCUT2D eigenvalue weighted by Crippen LogP contribution is -2.30. The van der Waals surface area contributed by atoms with Crippen molar-refractivity contribution in [2.24, 2.45) is 0 Å². The van der Waals surface area contributed by atoms with E-state index in [1.807, 2.05) is 18.2 Å². The SMILES string of the molecule is C[C@@H](CCc1ccccc1)NC[C@@H](O)c1cccc([N+](=O)[O-])c1. The fourth-order valence-electron chi connectivity index (χ4n) is 2.41. The maximum Gasteiger partial charge on any atom is 0.269 e. The highest BCUT2D eigenvalue weighted by Crippen LogP contribution is 2.19. The number of nitro benzene ring substituents is 1. The minimum Gasteiger partial charge on any atom is -0.387 e. The van der Waals surface area contributed by atoms with Gasteiger partial charge < -0.3 is 10.4 Å². The van der Waals surface area contributed by atoms with Crippen molar-refractivity contribution in [1.29, 1.82) is 0 Å². The zero-order valence-electron chi connectivity index (χ0n) is 13.2. The van der Waals surface area contributed by atoms with E-state index in [1.54, 1.807) is 12.1 Å². The van der Waals surface area contributed by atoms with Crippen molar-refractivity contribution in [3.05, 3.63) is 75.8 Å². The van der Waals surface area contributed by atoms with Crippen LogP contribution in [0.1, 0.15) is 30.6 Å². The first kappa shape index (κ1) is 17.1. The monoisotopic (exact) mass is 314 g/mol. The van der Waals surface area contributed by atoms with Gasteiger partial charge in [0.05, 0.1) is 11.0 Å². The Bertz CT molecular complexity index is 631. The van der Waals surface area contributed by atoms with E-state index in [-0.39, 0.29) is 11.7 Å². The standard InChI is InChI=1S/C18H22N2O3/c1-14(10-11-15-6-3-2-4-7-15)19-13-18(21)16-8-5-9-17(12-16)20(22)23/h2-9,12,14,18-19,21H,10-11,13H2,1H3/t14-,18+/m0/s1. The summed E-state index contributed by atoms with van der Waals surface area (Å²) in [6, 6.07) is 16.6. The Morgan fingerprint density at radius 3 is 2.61 bits per heavy atom. The first-order valence-electron chi connectivity index (χ1n) is 7.76. The van der Waals surface area contributed by atoms with Crippen LogP contribution in [0.15, 0.2) is 54.6 Å². The number of aliphatic hydroxyl groups is 1. The molecule has 2 N–H and O–H groups in total. The van der Waals surface area contributed by atoms with E-state index in [1.165, 1.54) is 17.7 Å². The second kappa shape index (κ2) is 8.41. The van der Waals surface area contributed by atoms with Gasteiger partial charge in [-0.1, -0.05) is 42.5 Å². The van der Waals surface area contributed by atoms with Gasteiger partial charge in [-0.3, -0.25) is 10.1 Å². The van der Waals surface area contributed by atoms with Gasteiger partial charge in [0.15, 0.2) is 0 Å². The van der Waals surface area contributed by atoms with Crippen molar-refractivity contribution < 1.29 is 10.0 Å². The van der Waals surface area contributed by atoms with Gasteiger partial charge in [0.2, 0.25) is 0 Å². The second-order valence-corrected chi connectivity index (χ2v) is 5.70. The predicted octanol–water partition coefficient (Wildman–Crippen LogP) is 3.24. The molecular formula is C18H22N2O3. The molecule has 0 saturated carbocycles. The number of hydrogen-bond donors (Lipinski definition) is 2. The van der Waals surface area contributed by atoms with E-state index in [4.69, 9.17) is 0 Å². The molecule has 0 spiro atoms. The van der Waals surface area contributed by atoms with Crippen LogP contribution >= 0.6 is 0 Å². The summed E-state index contributed by atoms with van der Waals surface area (Å²) in [6.07, 6.45) is 1.18. The van der Waals surface area contributed by atoms with Crippen molar-refractivity contribution in [1.82, 2.24) is 5.32 Å². The summed E-state index contributed by atoms with van der Waals surface area (Å²) in [5.41, 5.74) is 1.85. The molecule has 0 fully saturated rings. The number of aliphatic hydroxyl groups excluding tert-OH is 1. The van der Waals surface area contributed by atoms with E-state index in [0.717, 1.165) is 12.8 Å². The Balaban J connectivity index is 1.80. The molecule has 0 aliphatic heterocycles. The smallest absolute Gasteiger partial charge is 0.269 e. The maximum atomic E-state index is 10.8. The van der Waals surface area contributed by atoms with E-state index < -0.39 is 11.0 Å². The molecule has 2 aromatic rings. The van der Waals surface area contributed by atoms with Gasteiger partial charge in [-0.2, -0.15) is 0 Å². The zero-order valence-corrected chi connectivity index (χ0v) is 13.2. The second-order valence-electron chi connectivity index (χ2n) is 5.70. The Kier molecular flexibility index (Phi) is 6.26. The van der Waals surface area contributed by atoms with Crippen molar-refractivity contribution in [2.75, 3.05) is 6.54 Å². The first-order valence-corrected chi connectivity index (χ1v) is 7.76. The van der Waals surface area contributed by atoms with Crippen LogP contribution in [-0.2, 0) is 6.42 Å². The van der Waals surface area contributed by atoms with Gasteiger partial charge in [0.25, 0.3) is 5.69 Å². The topological polar surface area (TPSA) is 75.4 Å². The van der Waals surface area contributed by atoms with Crippen molar-refractivity contribution in [3.8, 4) is 0 Å². The third kappa shape index (κ3) is 5.47. The number of benzene rings is 2. The number of nitrogens with one attached hydrogen (secondary N) is 1. The van der Waals surface area contributed by atoms with E-state index >= 15 is 0 Å². The summed E-state index contributed by atoms with van der Waals surface area (Å²) >= 11 is 0. The highest BCUT2D eigenvalue weighted by molar-refractivity contribution is 5.35. The number of nitro groups is 1. The Morgan fingerprint density at radius 2 is 1.91 bits per heavy atom. The van der Waals surface area contributed by atoms with Crippen LogP contribution in [0.25, 0.3) is 0 Å². The van der Waals surface area contributed by atoms with Gasteiger partial charge in [0.1, 0.15) is 0 Å². The van der Waals surface area contributed by atoms with E-state index in [0.29, 0.717) is 12.1 Å². The fraction of sp³-hybridized carbons (Fsp3) is 0.333. The molecule has 0 saturated heterocycles. The van der Waals surface area contributed by atoms with Crippen LogP contribution in [0.2, 0.25) is 0 Å². The maximum absolute atomic E-state index is 10.8. The predicted molar refractivity (Wildman–Crippen MR) is 90.3 cm³/mol. The lowest BCUT2D eigenvalue weighted by molar-refractivity contribution is -0.385. The summed E-state index contributed by atoms with van der Waals surface area (Å²) in [5.74, 6) is 0. The average molecular weight is 314 g/mol. The highest BCUT2D eigenvalue weighted by Gasteiger charge is 2.13. The molecule has 0 bridgehead atoms. The van der Waals surface area contributed by atoms with Crippen LogP contribution in [-0.4, -0.2) is 22.6 Å². The number of nitrogens with zero attached hydrogens (tertiary/aromatic N) is 1. The molecular weight excluding hydrogens is 292 g/mol. The molecule has 23 heavy (non-hydrogen) atoms. The number of non-ortho nitro benzene ring substituents is 1. The minimum atomic E-state index is -0.755. The molecule has 5 heteroatoms. The lowest BCUT2D eigenvalue weighted by Gasteiger charge is -2.17. The summed E-state index contributed by atoms with van der Waals surface area (Å²) in [4.78, 5) is 10.3. The van der Waals surface area contributed by atoms with Gasteiger partial charge in [-0.05, 0) is 30.9 Å². The number of hydrogen-bond acceptors (Lipinski definition) is 4. The Morgan fingerprint density at radius 1 is 1.17 bits per heavy atom. The summed E-state index contributed by atoms with van der Waals surface area (Å²) < 4.78 is 0. The Hall–Kier alpha value is -2.24. The molecule has 5 nitrogen and oxygen atoms in total. The summed E-state index contributed by atoms with van der Waals surface area (Å²) in [7, 11) is 0.